The smallest absolute Gasteiger partial charge is 0.0624 e. The zero-order chi connectivity index (χ0) is 13.1. The molecule has 0 aromatic carbocycles. The lowest BCUT2D eigenvalue weighted by molar-refractivity contribution is 0.0918. The number of rotatable bonds is 6. The molecule has 3 atom stereocenters. The second-order valence-corrected chi connectivity index (χ2v) is 5.95. The van der Waals surface area contributed by atoms with Gasteiger partial charge in [-0.15, -0.1) is 0 Å². The number of nitrogens with two attached hydrogens (primary N) is 1. The summed E-state index contributed by atoms with van der Waals surface area (Å²) in [7, 11) is 4.24. The number of nitrogens with zero attached hydrogens (tertiary/aromatic N) is 2. The van der Waals surface area contributed by atoms with E-state index in [1.807, 2.05) is 0 Å². The minimum Gasteiger partial charge on any atom is -0.379 e. The molecule has 4 nitrogen and oxygen atoms in total. The predicted octanol–water partition coefficient (Wildman–Crippen LogP) is 0.622. The minimum absolute atomic E-state index is 0.108. The first-order chi connectivity index (χ1) is 7.89. The molecule has 0 spiro atoms. The molecule has 17 heavy (non-hydrogen) atoms. The molecular weight excluding hydrogens is 214 g/mol. The van der Waals surface area contributed by atoms with E-state index >= 15 is 0 Å². The van der Waals surface area contributed by atoms with Crippen molar-refractivity contribution in [1.82, 2.24) is 9.80 Å². The highest BCUT2D eigenvalue weighted by Gasteiger charge is 2.39. The Morgan fingerprint density at radius 1 is 1.47 bits per heavy atom. The summed E-state index contributed by atoms with van der Waals surface area (Å²) < 4.78 is 5.52. The lowest BCUT2D eigenvalue weighted by Gasteiger charge is -2.37. The maximum atomic E-state index is 6.16. The third-order valence-corrected chi connectivity index (χ3v) is 3.85. The molecule has 2 N–H and O–H groups in total. The van der Waals surface area contributed by atoms with E-state index in [2.05, 4.69) is 44.7 Å². The quantitative estimate of drug-likeness (QED) is 0.743. The maximum absolute atomic E-state index is 6.16. The van der Waals surface area contributed by atoms with E-state index in [0.717, 1.165) is 26.2 Å². The summed E-state index contributed by atoms with van der Waals surface area (Å²) >= 11 is 0. The van der Waals surface area contributed by atoms with Gasteiger partial charge in [0.2, 0.25) is 0 Å². The van der Waals surface area contributed by atoms with E-state index in [0.29, 0.717) is 12.6 Å². The van der Waals surface area contributed by atoms with Gasteiger partial charge in [-0.25, -0.2) is 0 Å². The molecule has 1 aliphatic heterocycles. The Balaban J connectivity index is 2.56. The summed E-state index contributed by atoms with van der Waals surface area (Å²) in [6.45, 7) is 11.4. The van der Waals surface area contributed by atoms with Crippen molar-refractivity contribution in [3.05, 3.63) is 0 Å². The number of hydrogen-bond acceptors (Lipinski definition) is 4. The summed E-state index contributed by atoms with van der Waals surface area (Å²) in [4.78, 5) is 4.75. The second kappa shape index (κ2) is 6.14. The topological polar surface area (TPSA) is 41.7 Å². The molecule has 1 aliphatic rings. The van der Waals surface area contributed by atoms with Crippen molar-refractivity contribution in [2.45, 2.75) is 32.9 Å². The molecule has 1 heterocycles. The largest absolute Gasteiger partial charge is 0.379 e. The first-order valence-corrected chi connectivity index (χ1v) is 6.61. The van der Waals surface area contributed by atoms with Crippen molar-refractivity contribution in [2.75, 3.05) is 46.9 Å². The Kier molecular flexibility index (Phi) is 5.38. The van der Waals surface area contributed by atoms with Gasteiger partial charge in [0.25, 0.3) is 0 Å². The van der Waals surface area contributed by atoms with Crippen LogP contribution in [0.15, 0.2) is 0 Å². The standard InChI is InChI=1S/C13H29N3O/c1-6-16(11(2)7-15(4)5)9-13(3)10-17-8-12(13)14/h11-12H,6-10,14H2,1-5H3. The Morgan fingerprint density at radius 3 is 2.53 bits per heavy atom. The van der Waals surface area contributed by atoms with Gasteiger partial charge in [-0.3, -0.25) is 4.90 Å². The van der Waals surface area contributed by atoms with E-state index in [9.17, 15) is 0 Å². The molecule has 102 valence electrons. The van der Waals surface area contributed by atoms with Crippen LogP contribution in [0.2, 0.25) is 0 Å². The van der Waals surface area contributed by atoms with Crippen molar-refractivity contribution in [2.24, 2.45) is 11.1 Å². The van der Waals surface area contributed by atoms with Crippen molar-refractivity contribution >= 4 is 0 Å². The molecule has 0 aliphatic carbocycles. The number of ether oxygens (including phenoxy) is 1. The summed E-state index contributed by atoms with van der Waals surface area (Å²) in [6, 6.07) is 0.725. The van der Waals surface area contributed by atoms with Gasteiger partial charge in [0.15, 0.2) is 0 Å². The maximum Gasteiger partial charge on any atom is 0.0624 e. The fourth-order valence-electron chi connectivity index (χ4n) is 2.58. The van der Waals surface area contributed by atoms with Crippen molar-refractivity contribution in [3.8, 4) is 0 Å². The van der Waals surface area contributed by atoms with Gasteiger partial charge in [-0.2, -0.15) is 0 Å². The fourth-order valence-corrected chi connectivity index (χ4v) is 2.58. The number of hydrogen-bond donors (Lipinski definition) is 1. The highest BCUT2D eigenvalue weighted by molar-refractivity contribution is 4.93. The molecule has 1 saturated heterocycles. The first-order valence-electron chi connectivity index (χ1n) is 6.61. The Bertz CT molecular complexity index is 235. The van der Waals surface area contributed by atoms with Crippen LogP contribution in [0.3, 0.4) is 0 Å². The summed E-state index contributed by atoms with van der Waals surface area (Å²) in [6.07, 6.45) is 0. The zero-order valence-electron chi connectivity index (χ0n) is 12.1. The van der Waals surface area contributed by atoms with Gasteiger partial charge in [-0.1, -0.05) is 13.8 Å². The van der Waals surface area contributed by atoms with Gasteiger partial charge in [-0.05, 0) is 27.6 Å². The van der Waals surface area contributed by atoms with Crippen LogP contribution in [0.4, 0.5) is 0 Å². The molecule has 0 aromatic rings. The third kappa shape index (κ3) is 3.91. The molecule has 3 unspecified atom stereocenters. The van der Waals surface area contributed by atoms with E-state index in [4.69, 9.17) is 10.5 Å². The Labute approximate surface area is 106 Å². The van der Waals surface area contributed by atoms with Gasteiger partial charge in [0.05, 0.1) is 13.2 Å². The second-order valence-electron chi connectivity index (χ2n) is 5.95. The third-order valence-electron chi connectivity index (χ3n) is 3.85. The highest BCUT2D eigenvalue weighted by Crippen LogP contribution is 2.28. The normalized spacial score (nSPS) is 31.4. The van der Waals surface area contributed by atoms with Gasteiger partial charge in [0, 0.05) is 30.6 Å². The first kappa shape index (κ1) is 14.9. The fraction of sp³-hybridized carbons (Fsp3) is 1.00. The van der Waals surface area contributed by atoms with Crippen molar-refractivity contribution in [1.29, 1.82) is 0 Å². The molecule has 1 rings (SSSR count). The van der Waals surface area contributed by atoms with Crippen LogP contribution in [0.1, 0.15) is 20.8 Å². The Morgan fingerprint density at radius 2 is 2.12 bits per heavy atom. The van der Waals surface area contributed by atoms with E-state index < -0.39 is 0 Å². The van der Waals surface area contributed by atoms with Crippen LogP contribution >= 0.6 is 0 Å². The average molecular weight is 243 g/mol. The van der Waals surface area contributed by atoms with Crippen LogP contribution in [0, 0.1) is 5.41 Å². The van der Waals surface area contributed by atoms with E-state index in [1.54, 1.807) is 0 Å². The monoisotopic (exact) mass is 243 g/mol. The van der Waals surface area contributed by atoms with Crippen LogP contribution in [0.25, 0.3) is 0 Å². The van der Waals surface area contributed by atoms with Crippen molar-refractivity contribution in [3.63, 3.8) is 0 Å². The molecule has 4 heteroatoms. The lowest BCUT2D eigenvalue weighted by atomic mass is 9.85. The zero-order valence-corrected chi connectivity index (χ0v) is 12.1. The molecule has 0 aromatic heterocycles. The van der Waals surface area contributed by atoms with E-state index in [1.165, 1.54) is 0 Å². The summed E-state index contributed by atoms with van der Waals surface area (Å²) in [5, 5.41) is 0. The van der Waals surface area contributed by atoms with Crippen LogP contribution in [-0.2, 0) is 4.74 Å². The van der Waals surface area contributed by atoms with Crippen LogP contribution in [0.5, 0.6) is 0 Å². The molecule has 1 fully saturated rings. The van der Waals surface area contributed by atoms with Crippen LogP contribution < -0.4 is 5.73 Å². The lowest BCUT2D eigenvalue weighted by Crippen LogP contribution is -2.50. The Hall–Kier alpha value is -0.160. The SMILES string of the molecule is CCN(CC1(C)COCC1N)C(C)CN(C)C. The number of likely N-dealkylation sites (N-methyl/N-ethyl adjacent to an activating group) is 2. The van der Waals surface area contributed by atoms with Gasteiger partial charge in [0.1, 0.15) is 0 Å². The van der Waals surface area contributed by atoms with Gasteiger partial charge < -0.3 is 15.4 Å². The summed E-state index contributed by atoms with van der Waals surface area (Å²) in [5.41, 5.74) is 6.26. The van der Waals surface area contributed by atoms with E-state index in [-0.39, 0.29) is 11.5 Å². The molecule has 0 amide bonds. The summed E-state index contributed by atoms with van der Waals surface area (Å²) in [5.74, 6) is 0. The molecule has 0 bridgehead atoms. The predicted molar refractivity (Wildman–Crippen MR) is 72.2 cm³/mol. The average Bonchev–Trinajstić information content (AvgIpc) is 2.55. The molecular formula is C13H29N3O. The van der Waals surface area contributed by atoms with Crippen LogP contribution in [-0.4, -0.2) is 68.8 Å². The van der Waals surface area contributed by atoms with Crippen molar-refractivity contribution < 1.29 is 4.74 Å². The minimum atomic E-state index is 0.108. The molecule has 0 radical (unpaired) electrons. The molecule has 0 saturated carbocycles. The highest BCUT2D eigenvalue weighted by atomic mass is 16.5. The van der Waals surface area contributed by atoms with Gasteiger partial charge >= 0.3 is 0 Å².